The molecule has 2 nitrogen and oxygen atoms in total. The van der Waals surface area contributed by atoms with Gasteiger partial charge in [0.2, 0.25) is 0 Å². The molecule has 3 aromatic carbocycles. The minimum absolute atomic E-state index is 0.358. The maximum atomic E-state index is 10.3. The molecule has 0 radical (unpaired) electrons. The second-order valence-corrected chi connectivity index (χ2v) is 9.61. The third-order valence-electron chi connectivity index (χ3n) is 3.76. The van der Waals surface area contributed by atoms with Crippen LogP contribution < -0.4 is 15.5 Å². The monoisotopic (exact) mass is 439 g/mol. The topological polar surface area (TPSA) is 23.5 Å². The zero-order valence-electron chi connectivity index (χ0n) is 14.6. The second-order valence-electron chi connectivity index (χ2n) is 5.71. The van der Waals surface area contributed by atoms with Gasteiger partial charge in [-0.3, -0.25) is 0 Å². The van der Waals surface area contributed by atoms with Crippen LogP contribution in [0.15, 0.2) is 72.8 Å². The average molecular weight is 440 g/mol. The van der Waals surface area contributed by atoms with Crippen molar-refractivity contribution in [3.63, 3.8) is 0 Å². The SMILES string of the molecule is CN(C)c1ccccc1Pc1cc(-c2ccccc2)ccc1O.[Cl][Ti][Cl]. The summed E-state index contributed by atoms with van der Waals surface area (Å²) in [5.74, 6) is 0.358. The van der Waals surface area contributed by atoms with E-state index in [1.165, 1.54) is 16.6 Å². The number of benzene rings is 3. The number of aromatic hydroxyl groups is 1. The molecule has 0 saturated heterocycles. The summed E-state index contributed by atoms with van der Waals surface area (Å²) in [5.41, 5.74) is 3.49. The maximum absolute atomic E-state index is 10.3. The summed E-state index contributed by atoms with van der Waals surface area (Å²) in [4.78, 5) is 2.11. The van der Waals surface area contributed by atoms with Gasteiger partial charge >= 0.3 is 35.6 Å². The van der Waals surface area contributed by atoms with E-state index >= 15 is 0 Å². The van der Waals surface area contributed by atoms with Crippen molar-refractivity contribution >= 4 is 43.5 Å². The normalized spacial score (nSPS) is 10.3. The van der Waals surface area contributed by atoms with Gasteiger partial charge in [0.05, 0.1) is 0 Å². The van der Waals surface area contributed by atoms with Gasteiger partial charge in [-0.15, -0.1) is 0 Å². The summed E-state index contributed by atoms with van der Waals surface area (Å²) >= 11 is -0.556. The molecule has 0 bridgehead atoms. The van der Waals surface area contributed by atoms with Crippen LogP contribution in [0.4, 0.5) is 5.69 Å². The summed E-state index contributed by atoms with van der Waals surface area (Å²) in [6.45, 7) is 0. The minimum atomic E-state index is -0.556. The van der Waals surface area contributed by atoms with Crippen LogP contribution in [0.5, 0.6) is 5.75 Å². The van der Waals surface area contributed by atoms with Gasteiger partial charge in [0.15, 0.2) is 0 Å². The van der Waals surface area contributed by atoms with Crippen molar-refractivity contribution in [1.82, 2.24) is 0 Å². The van der Waals surface area contributed by atoms with E-state index in [0.29, 0.717) is 14.3 Å². The van der Waals surface area contributed by atoms with Crippen LogP contribution in [-0.4, -0.2) is 19.2 Å². The molecule has 0 saturated carbocycles. The second kappa shape index (κ2) is 11.0. The molecular formula is C20H20Cl2NOPTi. The number of rotatable bonds is 4. The predicted molar refractivity (Wildman–Crippen MR) is 114 cm³/mol. The van der Waals surface area contributed by atoms with Crippen LogP contribution in [0.25, 0.3) is 11.1 Å². The number of hydrogen-bond donors (Lipinski definition) is 1. The Morgan fingerprint density at radius 2 is 1.42 bits per heavy atom. The number of para-hydroxylation sites is 1. The first-order valence-electron chi connectivity index (χ1n) is 7.95. The zero-order chi connectivity index (χ0) is 18.9. The molecule has 1 N–H and O–H groups in total. The van der Waals surface area contributed by atoms with Gasteiger partial charge in [-0.05, 0) is 29.3 Å². The van der Waals surface area contributed by atoms with Crippen LogP contribution in [-0.2, 0) is 17.0 Å². The Morgan fingerprint density at radius 1 is 0.808 bits per heavy atom. The van der Waals surface area contributed by atoms with Crippen molar-refractivity contribution in [2.45, 2.75) is 0 Å². The van der Waals surface area contributed by atoms with Crippen LogP contribution in [0.2, 0.25) is 0 Å². The Balaban J connectivity index is 0.000000758. The fraction of sp³-hybridized carbons (Fsp3) is 0.100. The average Bonchev–Trinajstić information content (AvgIpc) is 2.65. The Hall–Kier alpha value is -1.02. The molecule has 3 rings (SSSR count). The van der Waals surface area contributed by atoms with E-state index in [1.54, 1.807) is 6.07 Å². The van der Waals surface area contributed by atoms with Crippen LogP contribution in [0.3, 0.4) is 0 Å². The van der Waals surface area contributed by atoms with Crippen LogP contribution in [0.1, 0.15) is 0 Å². The first-order valence-corrected chi connectivity index (χ1v) is 13.2. The molecule has 0 fully saturated rings. The zero-order valence-corrected chi connectivity index (χ0v) is 18.7. The van der Waals surface area contributed by atoms with E-state index < -0.39 is 17.0 Å². The van der Waals surface area contributed by atoms with Gasteiger partial charge in [-0.2, -0.15) is 0 Å². The first kappa shape index (κ1) is 21.3. The number of anilines is 1. The van der Waals surface area contributed by atoms with Crippen molar-refractivity contribution in [2.24, 2.45) is 0 Å². The van der Waals surface area contributed by atoms with Crippen molar-refractivity contribution < 1.29 is 22.1 Å². The first-order chi connectivity index (χ1) is 12.6. The van der Waals surface area contributed by atoms with Gasteiger partial charge in [0, 0.05) is 30.4 Å². The van der Waals surface area contributed by atoms with E-state index in [2.05, 4.69) is 35.2 Å². The molecule has 134 valence electrons. The Kier molecular flexibility index (Phi) is 8.98. The summed E-state index contributed by atoms with van der Waals surface area (Å²) in [5, 5.41) is 12.5. The number of hydrogen-bond acceptors (Lipinski definition) is 2. The molecule has 0 amide bonds. The molecule has 1 unspecified atom stereocenters. The van der Waals surface area contributed by atoms with Crippen molar-refractivity contribution in [2.75, 3.05) is 19.0 Å². The van der Waals surface area contributed by atoms with Crippen molar-refractivity contribution in [3.8, 4) is 16.9 Å². The number of halogens is 2. The van der Waals surface area contributed by atoms with Gasteiger partial charge in [-0.25, -0.2) is 0 Å². The standard InChI is InChI=1S/C20H20NOP.2ClH.Ti/c1-21(2)17-10-6-7-11-19(17)23-20-14-16(12-13-18(20)22)15-8-4-3-5-9-15;;;/h3-14,22-23H,1-2H3;2*1H;/q;;;+2/p-2. The predicted octanol–water partition coefficient (Wildman–Crippen LogP) is 5.13. The van der Waals surface area contributed by atoms with Crippen molar-refractivity contribution in [3.05, 3.63) is 72.8 Å². The summed E-state index contributed by atoms with van der Waals surface area (Å²) < 4.78 is 0. The fourth-order valence-electron chi connectivity index (χ4n) is 2.56. The molecule has 0 aliphatic carbocycles. The van der Waals surface area contributed by atoms with Gasteiger partial charge < -0.3 is 10.0 Å². The van der Waals surface area contributed by atoms with Crippen LogP contribution >= 0.6 is 27.2 Å². The van der Waals surface area contributed by atoms with Gasteiger partial charge in [0.25, 0.3) is 0 Å². The summed E-state index contributed by atoms with van der Waals surface area (Å²) in [7, 11) is 14.3. The molecule has 0 heterocycles. The Labute approximate surface area is 173 Å². The molecule has 0 aliphatic heterocycles. The van der Waals surface area contributed by atoms with E-state index in [0.717, 1.165) is 10.9 Å². The molecule has 6 heteroatoms. The number of nitrogens with zero attached hydrogens (tertiary/aromatic N) is 1. The molecule has 0 spiro atoms. The Morgan fingerprint density at radius 3 is 2.08 bits per heavy atom. The molecule has 0 aliphatic rings. The summed E-state index contributed by atoms with van der Waals surface area (Å²) in [6.07, 6.45) is 0. The van der Waals surface area contributed by atoms with E-state index in [1.807, 2.05) is 50.5 Å². The molecule has 3 aromatic rings. The third-order valence-corrected chi connectivity index (χ3v) is 5.12. The molecular weight excluding hydrogens is 420 g/mol. The van der Waals surface area contributed by atoms with Gasteiger partial charge in [0.1, 0.15) is 5.75 Å². The Bertz CT molecular complexity index is 831. The molecule has 0 aromatic heterocycles. The van der Waals surface area contributed by atoms with Gasteiger partial charge in [-0.1, -0.05) is 63.2 Å². The fourth-order valence-corrected chi connectivity index (χ4v) is 3.90. The summed E-state index contributed by atoms with van der Waals surface area (Å²) in [6, 6.07) is 24.5. The number of phenolic OH excluding ortho intramolecular Hbond substituents is 1. The third kappa shape index (κ3) is 6.01. The van der Waals surface area contributed by atoms with E-state index in [9.17, 15) is 5.11 Å². The van der Waals surface area contributed by atoms with E-state index in [4.69, 9.17) is 18.6 Å². The number of phenols is 1. The quantitative estimate of drug-likeness (QED) is 0.449. The van der Waals surface area contributed by atoms with Crippen LogP contribution in [0, 0.1) is 0 Å². The molecule has 1 atom stereocenters. The van der Waals surface area contributed by atoms with E-state index in [-0.39, 0.29) is 0 Å². The molecule has 26 heavy (non-hydrogen) atoms. The van der Waals surface area contributed by atoms with Crippen molar-refractivity contribution in [1.29, 1.82) is 0 Å².